The van der Waals surface area contributed by atoms with Crippen molar-refractivity contribution in [3.63, 3.8) is 0 Å². The molecule has 1 aromatic rings. The summed E-state index contributed by atoms with van der Waals surface area (Å²) in [6, 6.07) is 1.20. The number of nitrogens with zero attached hydrogens (tertiary/aromatic N) is 2. The number of aryl methyl sites for hydroxylation is 1. The number of hydrogen-bond acceptors (Lipinski definition) is 4. The van der Waals surface area contributed by atoms with Gasteiger partial charge in [-0.25, -0.2) is 0 Å². The van der Waals surface area contributed by atoms with Crippen LogP contribution in [0, 0.1) is 5.92 Å². The Bertz CT molecular complexity index is 535. The largest absolute Gasteiger partial charge is 0.534 e. The smallest absolute Gasteiger partial charge is 0.354 e. The van der Waals surface area contributed by atoms with Crippen LogP contribution in [0.2, 0.25) is 0 Å². The Morgan fingerprint density at radius 3 is 2.42 bits per heavy atom. The summed E-state index contributed by atoms with van der Waals surface area (Å²) in [6.07, 6.45) is 0.509. The predicted molar refractivity (Wildman–Crippen MR) is 62.0 cm³/mol. The van der Waals surface area contributed by atoms with E-state index in [2.05, 4.69) is 9.28 Å². The molecule has 0 bridgehead atoms. The Morgan fingerprint density at radius 2 is 2.00 bits per heavy atom. The number of rotatable bonds is 5. The highest BCUT2D eigenvalue weighted by Crippen LogP contribution is 2.26. The van der Waals surface area contributed by atoms with Crippen molar-refractivity contribution in [1.82, 2.24) is 9.78 Å². The lowest BCUT2D eigenvalue weighted by Gasteiger charge is -2.08. The molecule has 0 radical (unpaired) electrons. The Labute approximate surface area is 109 Å². The van der Waals surface area contributed by atoms with Crippen LogP contribution in [-0.2, 0) is 23.1 Å². The van der Waals surface area contributed by atoms with Gasteiger partial charge in [-0.2, -0.15) is 21.6 Å². The fourth-order valence-corrected chi connectivity index (χ4v) is 1.82. The quantitative estimate of drug-likeness (QED) is 0.618. The molecule has 0 aliphatic rings. The van der Waals surface area contributed by atoms with Crippen LogP contribution < -0.4 is 4.18 Å². The van der Waals surface area contributed by atoms with Crippen LogP contribution in [0.15, 0.2) is 6.07 Å². The van der Waals surface area contributed by atoms with Crippen molar-refractivity contribution in [1.29, 1.82) is 0 Å². The van der Waals surface area contributed by atoms with Gasteiger partial charge < -0.3 is 4.18 Å². The SMILES string of the molecule is CCc1cc(OS(=O)(=O)C(F)(F)F)nn1CC(C)C. The maximum absolute atomic E-state index is 12.2. The lowest BCUT2D eigenvalue weighted by atomic mass is 10.2. The van der Waals surface area contributed by atoms with Gasteiger partial charge in [0.1, 0.15) is 0 Å². The second-order valence-corrected chi connectivity index (χ2v) is 5.92. The van der Waals surface area contributed by atoms with Gasteiger partial charge in [0, 0.05) is 18.3 Å². The molecule has 19 heavy (non-hydrogen) atoms. The van der Waals surface area contributed by atoms with Crippen molar-refractivity contribution >= 4 is 10.1 Å². The molecule has 5 nitrogen and oxygen atoms in total. The Hall–Kier alpha value is -1.25. The lowest BCUT2D eigenvalue weighted by molar-refractivity contribution is -0.0501. The third-order valence-electron chi connectivity index (χ3n) is 2.22. The molecule has 0 fully saturated rings. The average molecular weight is 300 g/mol. The number of hydrogen-bond donors (Lipinski definition) is 0. The van der Waals surface area contributed by atoms with Crippen LogP contribution in [0.1, 0.15) is 26.5 Å². The van der Waals surface area contributed by atoms with E-state index in [1.807, 2.05) is 13.8 Å². The Kier molecular flexibility index (Phi) is 4.49. The fourth-order valence-electron chi connectivity index (χ4n) is 1.42. The molecule has 1 heterocycles. The minimum absolute atomic E-state index is 0.220. The van der Waals surface area contributed by atoms with Gasteiger partial charge >= 0.3 is 15.6 Å². The van der Waals surface area contributed by atoms with Crippen LogP contribution in [0.4, 0.5) is 13.2 Å². The number of aromatic nitrogens is 2. The van der Waals surface area contributed by atoms with E-state index in [0.717, 1.165) is 0 Å². The molecule has 0 amide bonds. The van der Waals surface area contributed by atoms with Crippen molar-refractivity contribution in [2.45, 2.75) is 39.2 Å². The number of alkyl halides is 3. The summed E-state index contributed by atoms with van der Waals surface area (Å²) >= 11 is 0. The van der Waals surface area contributed by atoms with Gasteiger partial charge in [-0.15, -0.1) is 5.10 Å². The Morgan fingerprint density at radius 1 is 1.42 bits per heavy atom. The van der Waals surface area contributed by atoms with Gasteiger partial charge in [-0.1, -0.05) is 20.8 Å². The van der Waals surface area contributed by atoms with E-state index in [1.165, 1.54) is 10.7 Å². The van der Waals surface area contributed by atoms with E-state index >= 15 is 0 Å². The predicted octanol–water partition coefficient (Wildman–Crippen LogP) is 2.33. The van der Waals surface area contributed by atoms with Crippen molar-refractivity contribution in [2.24, 2.45) is 5.92 Å². The zero-order valence-electron chi connectivity index (χ0n) is 10.7. The van der Waals surface area contributed by atoms with Gasteiger partial charge in [0.2, 0.25) is 0 Å². The summed E-state index contributed by atoms with van der Waals surface area (Å²) in [5.74, 6) is -0.341. The summed E-state index contributed by atoms with van der Waals surface area (Å²) < 4.78 is 63.7. The monoisotopic (exact) mass is 300 g/mol. The molecule has 1 rings (SSSR count). The molecule has 0 saturated carbocycles. The number of halogens is 3. The van der Waals surface area contributed by atoms with Crippen LogP contribution in [0.25, 0.3) is 0 Å². The van der Waals surface area contributed by atoms with E-state index in [4.69, 9.17) is 0 Å². The molecule has 0 aromatic carbocycles. The normalized spacial score (nSPS) is 13.0. The van der Waals surface area contributed by atoms with Gasteiger partial charge in [-0.3, -0.25) is 4.68 Å². The molecular formula is C10H15F3N2O3S. The third kappa shape index (κ3) is 3.85. The van der Waals surface area contributed by atoms with Crippen molar-refractivity contribution < 1.29 is 25.8 Å². The van der Waals surface area contributed by atoms with E-state index in [-0.39, 0.29) is 5.92 Å². The molecule has 0 saturated heterocycles. The second-order valence-electron chi connectivity index (χ2n) is 4.39. The first-order chi connectivity index (χ1) is 8.56. The first kappa shape index (κ1) is 15.8. The fraction of sp³-hybridized carbons (Fsp3) is 0.700. The highest BCUT2D eigenvalue weighted by molar-refractivity contribution is 7.87. The molecule has 0 aliphatic heterocycles. The maximum Gasteiger partial charge on any atom is 0.534 e. The van der Waals surface area contributed by atoms with Crippen molar-refractivity contribution in [3.8, 4) is 5.88 Å². The maximum atomic E-state index is 12.2. The Balaban J connectivity index is 3.01. The highest BCUT2D eigenvalue weighted by atomic mass is 32.2. The summed E-state index contributed by atoms with van der Waals surface area (Å²) in [5.41, 5.74) is -4.85. The summed E-state index contributed by atoms with van der Waals surface area (Å²) in [7, 11) is -5.67. The third-order valence-corrected chi connectivity index (χ3v) is 3.18. The molecule has 0 unspecified atom stereocenters. The zero-order valence-corrected chi connectivity index (χ0v) is 11.5. The van der Waals surface area contributed by atoms with E-state index in [1.54, 1.807) is 6.92 Å². The topological polar surface area (TPSA) is 61.2 Å². The van der Waals surface area contributed by atoms with Gasteiger partial charge in [-0.05, 0) is 12.3 Å². The summed E-state index contributed by atoms with van der Waals surface area (Å²) in [4.78, 5) is 0. The van der Waals surface area contributed by atoms with E-state index in [0.29, 0.717) is 18.7 Å². The molecule has 9 heteroatoms. The van der Waals surface area contributed by atoms with Crippen LogP contribution >= 0.6 is 0 Å². The highest BCUT2D eigenvalue weighted by Gasteiger charge is 2.49. The van der Waals surface area contributed by atoms with Crippen molar-refractivity contribution in [3.05, 3.63) is 11.8 Å². The molecule has 0 aliphatic carbocycles. The standard InChI is InChI=1S/C10H15F3N2O3S/c1-4-8-5-9(14-15(8)6-7(2)3)18-19(16,17)10(11,12)13/h5,7H,4,6H2,1-3H3. The minimum Gasteiger partial charge on any atom is -0.354 e. The molecule has 1 aromatic heterocycles. The minimum atomic E-state index is -5.67. The first-order valence-electron chi connectivity index (χ1n) is 5.64. The first-order valence-corrected chi connectivity index (χ1v) is 7.05. The van der Waals surface area contributed by atoms with Gasteiger partial charge in [0.15, 0.2) is 0 Å². The molecule has 0 spiro atoms. The molecule has 0 N–H and O–H groups in total. The second kappa shape index (κ2) is 5.40. The van der Waals surface area contributed by atoms with E-state index in [9.17, 15) is 21.6 Å². The van der Waals surface area contributed by atoms with Gasteiger partial charge in [0.25, 0.3) is 5.88 Å². The van der Waals surface area contributed by atoms with Crippen LogP contribution in [0.5, 0.6) is 5.88 Å². The lowest BCUT2D eigenvalue weighted by Crippen LogP contribution is -2.28. The molecule has 110 valence electrons. The van der Waals surface area contributed by atoms with Crippen molar-refractivity contribution in [2.75, 3.05) is 0 Å². The van der Waals surface area contributed by atoms with Gasteiger partial charge in [0.05, 0.1) is 0 Å². The van der Waals surface area contributed by atoms with E-state index < -0.39 is 21.5 Å². The van der Waals surface area contributed by atoms with Crippen LogP contribution in [0.3, 0.4) is 0 Å². The molecular weight excluding hydrogens is 285 g/mol. The zero-order chi connectivity index (χ0) is 14.8. The summed E-state index contributed by atoms with van der Waals surface area (Å²) in [5, 5.41) is 3.74. The summed E-state index contributed by atoms with van der Waals surface area (Å²) in [6.45, 7) is 6.08. The van der Waals surface area contributed by atoms with Crippen LogP contribution in [-0.4, -0.2) is 23.7 Å². The average Bonchev–Trinajstić information content (AvgIpc) is 2.56. The molecule has 0 atom stereocenters.